The van der Waals surface area contributed by atoms with E-state index in [-0.39, 0.29) is 11.8 Å². The first-order valence-corrected chi connectivity index (χ1v) is 6.35. The summed E-state index contributed by atoms with van der Waals surface area (Å²) in [4.78, 5) is 17.4. The normalized spacial score (nSPS) is 10.9. The Morgan fingerprint density at radius 3 is 2.70 bits per heavy atom. The maximum atomic E-state index is 13.2. The lowest BCUT2D eigenvalue weighted by molar-refractivity contribution is -0.121. The average molecular weight is 276 g/mol. The predicted molar refractivity (Wildman–Crippen MR) is 74.3 cm³/mol. The highest BCUT2D eigenvalue weighted by molar-refractivity contribution is 5.94. The lowest BCUT2D eigenvalue weighted by Crippen LogP contribution is -2.30. The zero-order valence-electron chi connectivity index (χ0n) is 12.0. The maximum absolute atomic E-state index is 13.2. The van der Waals surface area contributed by atoms with Crippen LogP contribution in [0.5, 0.6) is 0 Å². The molecule has 0 aliphatic rings. The summed E-state index contributed by atoms with van der Waals surface area (Å²) in [5, 5.41) is 4.30. The summed E-state index contributed by atoms with van der Waals surface area (Å²) in [6, 6.07) is 1.34. The van der Waals surface area contributed by atoms with Gasteiger partial charge in [0, 0.05) is 19.0 Å². The zero-order valence-corrected chi connectivity index (χ0v) is 12.0. The molecule has 0 saturated heterocycles. The van der Waals surface area contributed by atoms with Crippen LogP contribution in [0.1, 0.15) is 19.5 Å². The van der Waals surface area contributed by atoms with Gasteiger partial charge in [-0.05, 0) is 6.92 Å². The molecule has 2 aromatic heterocycles. The second-order valence-corrected chi connectivity index (χ2v) is 4.96. The Kier molecular flexibility index (Phi) is 3.83. The molecule has 0 saturated carbocycles. The minimum atomic E-state index is -0.427. The maximum Gasteiger partial charge on any atom is 0.229 e. The summed E-state index contributed by atoms with van der Waals surface area (Å²) in [5.74, 6) is -0.521. The Hall–Kier alpha value is -2.24. The molecule has 1 amide bonds. The lowest BCUT2D eigenvalue weighted by Gasteiger charge is -2.18. The molecule has 0 aliphatic heterocycles. The second kappa shape index (κ2) is 5.40. The topological polar surface area (TPSA) is 51.0 Å². The monoisotopic (exact) mass is 276 g/mol. The molecule has 0 atom stereocenters. The van der Waals surface area contributed by atoms with Gasteiger partial charge in [0.15, 0.2) is 0 Å². The van der Waals surface area contributed by atoms with Crippen LogP contribution in [-0.2, 0) is 4.79 Å². The Morgan fingerprint density at radius 1 is 1.40 bits per heavy atom. The van der Waals surface area contributed by atoms with Crippen molar-refractivity contribution >= 4 is 11.6 Å². The quantitative estimate of drug-likeness (QED) is 0.864. The molecule has 2 rings (SSSR count). The van der Waals surface area contributed by atoms with Crippen molar-refractivity contribution in [2.45, 2.75) is 20.8 Å². The molecule has 106 valence electrons. The van der Waals surface area contributed by atoms with Gasteiger partial charge in [-0.15, -0.1) is 0 Å². The van der Waals surface area contributed by atoms with Crippen molar-refractivity contribution in [3.63, 3.8) is 0 Å². The number of anilines is 1. The lowest BCUT2D eigenvalue weighted by atomic mass is 10.2. The van der Waals surface area contributed by atoms with Crippen molar-refractivity contribution in [2.24, 2.45) is 5.92 Å². The third-order valence-electron chi connectivity index (χ3n) is 3.01. The Bertz CT molecular complexity index is 636. The highest BCUT2D eigenvalue weighted by atomic mass is 19.1. The number of halogens is 1. The van der Waals surface area contributed by atoms with Gasteiger partial charge >= 0.3 is 0 Å². The molecule has 0 spiro atoms. The largest absolute Gasteiger partial charge is 0.312 e. The average Bonchev–Trinajstić information content (AvgIpc) is 2.79. The zero-order chi connectivity index (χ0) is 14.9. The molecule has 0 fully saturated rings. The number of carbonyl (C=O) groups excluding carboxylic acids is 1. The van der Waals surface area contributed by atoms with E-state index in [1.54, 1.807) is 18.1 Å². The molecule has 0 radical (unpaired) electrons. The summed E-state index contributed by atoms with van der Waals surface area (Å²) >= 11 is 0. The van der Waals surface area contributed by atoms with E-state index in [0.717, 1.165) is 6.20 Å². The summed E-state index contributed by atoms with van der Waals surface area (Å²) < 4.78 is 14.7. The molecule has 2 heterocycles. The number of rotatable bonds is 3. The summed E-state index contributed by atoms with van der Waals surface area (Å²) in [6.45, 7) is 5.49. The molecule has 6 heteroatoms. The fourth-order valence-corrected chi connectivity index (χ4v) is 1.94. The fraction of sp³-hybridized carbons (Fsp3) is 0.357. The first kappa shape index (κ1) is 14.2. The van der Waals surface area contributed by atoms with Gasteiger partial charge in [0.25, 0.3) is 0 Å². The van der Waals surface area contributed by atoms with E-state index >= 15 is 0 Å². The van der Waals surface area contributed by atoms with Crippen molar-refractivity contribution in [1.82, 2.24) is 14.8 Å². The third-order valence-corrected chi connectivity index (χ3v) is 3.01. The molecule has 5 nitrogen and oxygen atoms in total. The van der Waals surface area contributed by atoms with Gasteiger partial charge in [-0.3, -0.25) is 9.78 Å². The van der Waals surface area contributed by atoms with E-state index in [2.05, 4.69) is 10.1 Å². The van der Waals surface area contributed by atoms with Crippen LogP contribution in [0.25, 0.3) is 5.69 Å². The molecule has 0 N–H and O–H groups in total. The van der Waals surface area contributed by atoms with Gasteiger partial charge in [0.1, 0.15) is 5.82 Å². The van der Waals surface area contributed by atoms with Crippen LogP contribution in [0.15, 0.2) is 24.7 Å². The van der Waals surface area contributed by atoms with Crippen LogP contribution in [0.4, 0.5) is 10.1 Å². The highest BCUT2D eigenvalue weighted by Gasteiger charge is 2.19. The fourth-order valence-electron chi connectivity index (χ4n) is 1.94. The summed E-state index contributed by atoms with van der Waals surface area (Å²) in [5.41, 5.74) is 1.92. The number of aryl methyl sites for hydroxylation is 1. The molecule has 0 bridgehead atoms. The first-order valence-electron chi connectivity index (χ1n) is 6.35. The first-order chi connectivity index (χ1) is 9.40. The molecule has 20 heavy (non-hydrogen) atoms. The van der Waals surface area contributed by atoms with Crippen LogP contribution in [0, 0.1) is 18.7 Å². The molecule has 0 aromatic carbocycles. The van der Waals surface area contributed by atoms with E-state index in [0.29, 0.717) is 17.1 Å². The Morgan fingerprint density at radius 2 is 2.10 bits per heavy atom. The van der Waals surface area contributed by atoms with Crippen molar-refractivity contribution in [2.75, 3.05) is 11.9 Å². The van der Waals surface area contributed by atoms with E-state index in [1.165, 1.54) is 16.9 Å². The number of aromatic nitrogens is 3. The van der Waals surface area contributed by atoms with Crippen molar-refractivity contribution in [1.29, 1.82) is 0 Å². The van der Waals surface area contributed by atoms with Crippen LogP contribution < -0.4 is 4.90 Å². The van der Waals surface area contributed by atoms with Crippen molar-refractivity contribution in [3.8, 4) is 5.69 Å². The number of nitrogens with zero attached hydrogens (tertiary/aromatic N) is 4. The van der Waals surface area contributed by atoms with Gasteiger partial charge in [-0.25, -0.2) is 9.07 Å². The van der Waals surface area contributed by atoms with Gasteiger partial charge in [0.2, 0.25) is 5.91 Å². The van der Waals surface area contributed by atoms with Gasteiger partial charge in [0.05, 0.1) is 35.7 Å². The van der Waals surface area contributed by atoms with E-state index in [4.69, 9.17) is 0 Å². The van der Waals surface area contributed by atoms with Crippen LogP contribution in [-0.4, -0.2) is 27.7 Å². The van der Waals surface area contributed by atoms with Gasteiger partial charge < -0.3 is 4.90 Å². The van der Waals surface area contributed by atoms with Crippen LogP contribution in [0.2, 0.25) is 0 Å². The minimum Gasteiger partial charge on any atom is -0.312 e. The van der Waals surface area contributed by atoms with Crippen LogP contribution >= 0.6 is 0 Å². The van der Waals surface area contributed by atoms with E-state index < -0.39 is 5.82 Å². The highest BCUT2D eigenvalue weighted by Crippen LogP contribution is 2.21. The molecule has 2 aromatic rings. The minimum absolute atomic E-state index is 0.00465. The smallest absolute Gasteiger partial charge is 0.229 e. The standard InChI is InChI=1S/C14H17FN4O/c1-9(2)14(20)18(4)13-8-19(17-10(13)3)12-5-11(15)6-16-7-12/h5-9H,1-4H3. The SMILES string of the molecule is Cc1nn(-c2cncc(F)c2)cc1N(C)C(=O)C(C)C. The summed E-state index contributed by atoms with van der Waals surface area (Å²) in [7, 11) is 1.71. The van der Waals surface area contributed by atoms with Crippen molar-refractivity contribution in [3.05, 3.63) is 36.2 Å². The number of pyridine rings is 1. The van der Waals surface area contributed by atoms with Crippen LogP contribution in [0.3, 0.4) is 0 Å². The number of hydrogen-bond donors (Lipinski definition) is 0. The van der Waals surface area contributed by atoms with E-state index in [9.17, 15) is 9.18 Å². The molecular formula is C14H17FN4O. The molecular weight excluding hydrogens is 259 g/mol. The Balaban J connectivity index is 2.37. The Labute approximate surface area is 117 Å². The molecule has 0 unspecified atom stereocenters. The second-order valence-electron chi connectivity index (χ2n) is 4.96. The van der Waals surface area contributed by atoms with Crippen molar-refractivity contribution < 1.29 is 9.18 Å². The third kappa shape index (κ3) is 2.68. The number of hydrogen-bond acceptors (Lipinski definition) is 3. The van der Waals surface area contributed by atoms with Gasteiger partial charge in [-0.1, -0.05) is 13.8 Å². The summed E-state index contributed by atoms with van der Waals surface area (Å²) in [6.07, 6.45) is 4.35. The number of amides is 1. The number of carbonyl (C=O) groups is 1. The van der Waals surface area contributed by atoms with Gasteiger partial charge in [-0.2, -0.15) is 5.10 Å². The van der Waals surface area contributed by atoms with E-state index in [1.807, 2.05) is 20.8 Å². The molecule has 0 aliphatic carbocycles. The predicted octanol–water partition coefficient (Wildman–Crippen LogP) is 2.33.